The summed E-state index contributed by atoms with van der Waals surface area (Å²) in [5.74, 6) is 1.31. The predicted octanol–water partition coefficient (Wildman–Crippen LogP) is 5.47. The predicted molar refractivity (Wildman–Crippen MR) is 130 cm³/mol. The van der Waals surface area contributed by atoms with E-state index < -0.39 is 0 Å². The third-order valence-electron chi connectivity index (χ3n) is 5.38. The number of aryl methyl sites for hydroxylation is 2. The number of hydrogen-bond donors (Lipinski definition) is 1. The van der Waals surface area contributed by atoms with E-state index in [1.54, 1.807) is 4.68 Å². The molecule has 0 saturated carbocycles. The van der Waals surface area contributed by atoms with Crippen molar-refractivity contribution in [2.24, 2.45) is 0 Å². The van der Waals surface area contributed by atoms with Crippen molar-refractivity contribution in [2.75, 3.05) is 5.32 Å². The van der Waals surface area contributed by atoms with Gasteiger partial charge in [-0.3, -0.25) is 4.79 Å². The molecular weight excluding hydrogens is 426 g/mol. The van der Waals surface area contributed by atoms with Crippen molar-refractivity contribution in [3.63, 3.8) is 0 Å². The maximum atomic E-state index is 12.8. The van der Waals surface area contributed by atoms with Gasteiger partial charge in [0.1, 0.15) is 5.82 Å². The van der Waals surface area contributed by atoms with Gasteiger partial charge in [-0.2, -0.15) is 5.10 Å². The van der Waals surface area contributed by atoms with Gasteiger partial charge in [0.25, 0.3) is 0 Å². The van der Waals surface area contributed by atoms with Gasteiger partial charge < -0.3 is 9.73 Å². The number of carbonyl (C=O) groups excluding carboxylic acids is 1. The zero-order chi connectivity index (χ0) is 23.3. The van der Waals surface area contributed by atoms with Gasteiger partial charge in [-0.15, -0.1) is 10.2 Å². The summed E-state index contributed by atoms with van der Waals surface area (Å²) in [5.41, 5.74) is 4.63. The Kier molecular flexibility index (Phi) is 5.99. The number of nitrogens with zero attached hydrogens (tertiary/aromatic N) is 4. The topological polar surface area (TPSA) is 85.8 Å². The van der Waals surface area contributed by atoms with E-state index in [0.29, 0.717) is 24.0 Å². The van der Waals surface area contributed by atoms with Crippen molar-refractivity contribution >= 4 is 11.7 Å². The number of aromatic nitrogens is 4. The molecule has 3 aromatic carbocycles. The number of nitrogens with one attached hydrogen (secondary N) is 1. The minimum Gasteiger partial charge on any atom is -0.421 e. The fourth-order valence-electron chi connectivity index (χ4n) is 3.58. The van der Waals surface area contributed by atoms with E-state index in [1.807, 2.05) is 97.9 Å². The number of carbonyl (C=O) groups is 1. The monoisotopic (exact) mass is 449 g/mol. The largest absolute Gasteiger partial charge is 0.421 e. The molecule has 2 aromatic heterocycles. The number of hydrogen-bond acceptors (Lipinski definition) is 5. The molecule has 1 amide bonds. The maximum Gasteiger partial charge on any atom is 0.247 e. The Morgan fingerprint density at radius 2 is 1.59 bits per heavy atom. The molecule has 1 N–H and O–H groups in total. The smallest absolute Gasteiger partial charge is 0.247 e. The SMILES string of the molecule is Cc1ccc(-c2nnc(CCC(=O)Nc3cc(-c4ccccc4)nn3-c3ccccc3)o2)cc1. The lowest BCUT2D eigenvalue weighted by atomic mass is 10.1. The Morgan fingerprint density at radius 1 is 0.882 bits per heavy atom. The van der Waals surface area contributed by atoms with Crippen molar-refractivity contribution in [3.05, 3.63) is 102 Å². The summed E-state index contributed by atoms with van der Waals surface area (Å²) >= 11 is 0. The summed E-state index contributed by atoms with van der Waals surface area (Å²) in [6.07, 6.45) is 0.548. The fraction of sp³-hybridized carbons (Fsp3) is 0.111. The van der Waals surface area contributed by atoms with Crippen LogP contribution in [0.25, 0.3) is 28.4 Å². The van der Waals surface area contributed by atoms with Gasteiger partial charge in [0.05, 0.1) is 11.4 Å². The van der Waals surface area contributed by atoms with E-state index in [9.17, 15) is 4.79 Å². The second kappa shape index (κ2) is 9.54. The highest BCUT2D eigenvalue weighted by Gasteiger charge is 2.15. The van der Waals surface area contributed by atoms with Gasteiger partial charge in [-0.1, -0.05) is 66.2 Å². The minimum atomic E-state index is -0.160. The Bertz CT molecular complexity index is 1390. The lowest BCUT2D eigenvalue weighted by Crippen LogP contribution is -2.15. The molecule has 0 unspecified atom stereocenters. The van der Waals surface area contributed by atoms with Crippen molar-refractivity contribution in [1.29, 1.82) is 0 Å². The number of anilines is 1. The van der Waals surface area contributed by atoms with Crippen LogP contribution in [0.4, 0.5) is 5.82 Å². The minimum absolute atomic E-state index is 0.160. The third kappa shape index (κ3) is 4.78. The quantitative estimate of drug-likeness (QED) is 0.356. The molecule has 0 fully saturated rings. The number of benzene rings is 3. The van der Waals surface area contributed by atoms with Crippen LogP contribution >= 0.6 is 0 Å². The second-order valence-electron chi connectivity index (χ2n) is 7.94. The van der Waals surface area contributed by atoms with E-state index in [1.165, 1.54) is 0 Å². The van der Waals surface area contributed by atoms with Crippen LogP contribution in [-0.4, -0.2) is 25.9 Å². The average molecular weight is 450 g/mol. The van der Waals surface area contributed by atoms with Crippen LogP contribution < -0.4 is 5.32 Å². The van der Waals surface area contributed by atoms with E-state index in [4.69, 9.17) is 9.52 Å². The summed E-state index contributed by atoms with van der Waals surface area (Å²) in [7, 11) is 0. The molecule has 0 radical (unpaired) electrons. The summed E-state index contributed by atoms with van der Waals surface area (Å²) in [6, 6.07) is 29.3. The second-order valence-corrected chi connectivity index (χ2v) is 7.94. The van der Waals surface area contributed by atoms with Gasteiger partial charge in [0.2, 0.25) is 17.7 Å². The van der Waals surface area contributed by atoms with Gasteiger partial charge >= 0.3 is 0 Å². The highest BCUT2D eigenvalue weighted by atomic mass is 16.4. The molecule has 2 heterocycles. The lowest BCUT2D eigenvalue weighted by molar-refractivity contribution is -0.116. The molecule has 5 aromatic rings. The molecule has 0 spiro atoms. The molecule has 7 nitrogen and oxygen atoms in total. The van der Waals surface area contributed by atoms with Crippen molar-refractivity contribution in [1.82, 2.24) is 20.0 Å². The van der Waals surface area contributed by atoms with E-state index >= 15 is 0 Å². The number of rotatable bonds is 7. The van der Waals surface area contributed by atoms with E-state index in [2.05, 4.69) is 15.5 Å². The van der Waals surface area contributed by atoms with E-state index in [-0.39, 0.29) is 12.3 Å². The molecule has 0 aliphatic rings. The third-order valence-corrected chi connectivity index (χ3v) is 5.38. The van der Waals surface area contributed by atoms with Crippen LogP contribution in [0, 0.1) is 6.92 Å². The molecule has 5 rings (SSSR count). The van der Waals surface area contributed by atoms with Crippen LogP contribution in [0.2, 0.25) is 0 Å². The Morgan fingerprint density at radius 3 is 2.32 bits per heavy atom. The first-order valence-electron chi connectivity index (χ1n) is 11.1. The van der Waals surface area contributed by atoms with Gasteiger partial charge in [-0.05, 0) is 31.2 Å². The first-order valence-corrected chi connectivity index (χ1v) is 11.1. The number of amides is 1. The Hall–Kier alpha value is -4.52. The van der Waals surface area contributed by atoms with Crippen molar-refractivity contribution in [3.8, 4) is 28.4 Å². The van der Waals surface area contributed by atoms with Crippen LogP contribution in [0.15, 0.2) is 95.4 Å². The summed E-state index contributed by atoms with van der Waals surface area (Å²) < 4.78 is 7.48. The Balaban J connectivity index is 1.30. The number of para-hydroxylation sites is 1. The molecule has 0 atom stereocenters. The van der Waals surface area contributed by atoms with E-state index in [0.717, 1.165) is 28.1 Å². The van der Waals surface area contributed by atoms with Crippen LogP contribution in [0.1, 0.15) is 17.9 Å². The summed E-state index contributed by atoms with van der Waals surface area (Å²) in [6.45, 7) is 2.02. The standard InChI is InChI=1S/C27H23N5O2/c1-19-12-14-21(15-13-19)27-30-29-26(34-27)17-16-25(33)28-24-18-23(20-8-4-2-5-9-20)31-32(24)22-10-6-3-7-11-22/h2-15,18H,16-17H2,1H3,(H,28,33). The highest BCUT2D eigenvalue weighted by molar-refractivity contribution is 5.91. The van der Waals surface area contributed by atoms with Crippen LogP contribution in [0.3, 0.4) is 0 Å². The zero-order valence-electron chi connectivity index (χ0n) is 18.7. The fourth-order valence-corrected chi connectivity index (χ4v) is 3.58. The molecule has 168 valence electrons. The van der Waals surface area contributed by atoms with Crippen LogP contribution in [-0.2, 0) is 11.2 Å². The van der Waals surface area contributed by atoms with Crippen molar-refractivity contribution < 1.29 is 9.21 Å². The highest BCUT2D eigenvalue weighted by Crippen LogP contribution is 2.25. The summed E-state index contributed by atoms with van der Waals surface area (Å²) in [4.78, 5) is 12.8. The summed E-state index contributed by atoms with van der Waals surface area (Å²) in [5, 5.41) is 15.9. The zero-order valence-corrected chi connectivity index (χ0v) is 18.7. The molecular formula is C27H23N5O2. The van der Waals surface area contributed by atoms with Crippen molar-refractivity contribution in [2.45, 2.75) is 19.8 Å². The normalized spacial score (nSPS) is 10.9. The first kappa shape index (κ1) is 21.3. The van der Waals surface area contributed by atoms with Gasteiger partial charge in [-0.25, -0.2) is 4.68 Å². The average Bonchev–Trinajstić information content (AvgIpc) is 3.52. The van der Waals surface area contributed by atoms with Gasteiger partial charge in [0, 0.05) is 30.0 Å². The lowest BCUT2D eigenvalue weighted by Gasteiger charge is -2.08. The maximum absolute atomic E-state index is 12.8. The molecule has 0 saturated heterocycles. The molecule has 0 aliphatic carbocycles. The van der Waals surface area contributed by atoms with Crippen LogP contribution in [0.5, 0.6) is 0 Å². The first-order chi connectivity index (χ1) is 16.7. The molecule has 7 heteroatoms. The van der Waals surface area contributed by atoms with Gasteiger partial charge in [0.15, 0.2) is 0 Å². The molecule has 0 bridgehead atoms. The molecule has 34 heavy (non-hydrogen) atoms. The Labute approximate surface area is 197 Å². The molecule has 0 aliphatic heterocycles.